The Morgan fingerprint density at radius 3 is 2.34 bits per heavy atom. The minimum absolute atomic E-state index is 0.0509. The highest BCUT2D eigenvalue weighted by molar-refractivity contribution is 14.1. The first-order chi connectivity index (χ1) is 14.0. The van der Waals surface area contributed by atoms with E-state index in [1.165, 1.54) is 16.4 Å². The molecular formula is C22H22Cl2IN3O. The molecule has 1 unspecified atom stereocenters. The van der Waals surface area contributed by atoms with Crippen LogP contribution in [0, 0.1) is 3.57 Å². The molecule has 2 aliphatic rings. The van der Waals surface area contributed by atoms with Gasteiger partial charge in [-0.05, 0) is 71.3 Å². The van der Waals surface area contributed by atoms with Crippen LogP contribution in [0.2, 0.25) is 10.0 Å². The Hall–Kier alpha value is -1.31. The Bertz CT molecular complexity index is 924. The lowest BCUT2D eigenvalue weighted by molar-refractivity contribution is -0.124. The van der Waals surface area contributed by atoms with Gasteiger partial charge in [0.15, 0.2) is 0 Å². The highest BCUT2D eigenvalue weighted by atomic mass is 127. The predicted octanol–water partition coefficient (Wildman–Crippen LogP) is 6.31. The number of anilines is 1. The second-order valence-electron chi connectivity index (χ2n) is 7.46. The van der Waals surface area contributed by atoms with Crippen LogP contribution < -0.4 is 5.01 Å². The Morgan fingerprint density at radius 2 is 1.69 bits per heavy atom. The molecule has 4 nitrogen and oxygen atoms in total. The topological polar surface area (TPSA) is 35.9 Å². The van der Waals surface area contributed by atoms with Crippen LogP contribution in [0.3, 0.4) is 0 Å². The molecule has 1 atom stereocenters. The summed E-state index contributed by atoms with van der Waals surface area (Å²) in [6, 6.07) is 13.7. The molecule has 4 rings (SSSR count). The second-order valence-corrected chi connectivity index (χ2v) is 9.55. The molecule has 0 spiro atoms. The van der Waals surface area contributed by atoms with Gasteiger partial charge in [0, 0.05) is 28.1 Å². The van der Waals surface area contributed by atoms with Crippen molar-refractivity contribution in [2.75, 3.05) is 18.1 Å². The summed E-state index contributed by atoms with van der Waals surface area (Å²) >= 11 is 14.9. The fourth-order valence-electron chi connectivity index (χ4n) is 3.93. The molecule has 0 saturated carbocycles. The number of hydrazone groups is 1. The molecule has 0 bridgehead atoms. The second kappa shape index (κ2) is 9.23. The summed E-state index contributed by atoms with van der Waals surface area (Å²) in [5.41, 5.74) is 2.47. The van der Waals surface area contributed by atoms with Gasteiger partial charge in [-0.2, -0.15) is 5.10 Å². The Kier molecular flexibility index (Phi) is 6.66. The number of rotatable bonds is 3. The van der Waals surface area contributed by atoms with Crippen molar-refractivity contribution in [1.29, 1.82) is 0 Å². The van der Waals surface area contributed by atoms with E-state index < -0.39 is 0 Å². The van der Waals surface area contributed by atoms with Crippen LogP contribution in [0.25, 0.3) is 0 Å². The standard InChI is InChI=1S/C22H22Cl2IN3O/c23-16-7-10-20(18(24)13-16)28-21(15-5-8-17(25)9-6-15)14-19(26-28)22(29)27-11-3-1-2-4-12-27/h5-10,13,21H,1-4,11-12,14H2. The third-order valence-electron chi connectivity index (χ3n) is 5.46. The fraction of sp³-hybridized carbons (Fsp3) is 0.364. The van der Waals surface area contributed by atoms with Crippen LogP contribution in [-0.4, -0.2) is 29.6 Å². The van der Waals surface area contributed by atoms with E-state index in [9.17, 15) is 4.79 Å². The summed E-state index contributed by atoms with van der Waals surface area (Å²) < 4.78 is 1.17. The van der Waals surface area contributed by atoms with Gasteiger partial charge in [-0.3, -0.25) is 9.80 Å². The Balaban J connectivity index is 1.68. The summed E-state index contributed by atoms with van der Waals surface area (Å²) in [6.07, 6.45) is 5.07. The van der Waals surface area contributed by atoms with Gasteiger partial charge < -0.3 is 4.90 Å². The number of carbonyl (C=O) groups excluding carboxylic acids is 1. The molecule has 0 radical (unpaired) electrons. The Labute approximate surface area is 195 Å². The zero-order chi connectivity index (χ0) is 20.4. The third kappa shape index (κ3) is 4.72. The van der Waals surface area contributed by atoms with Crippen molar-refractivity contribution < 1.29 is 4.79 Å². The quantitative estimate of drug-likeness (QED) is 0.427. The van der Waals surface area contributed by atoms with Crippen LogP contribution in [0.4, 0.5) is 5.69 Å². The number of hydrogen-bond donors (Lipinski definition) is 0. The van der Waals surface area contributed by atoms with Crippen LogP contribution >= 0.6 is 45.8 Å². The van der Waals surface area contributed by atoms with Crippen molar-refractivity contribution in [3.63, 3.8) is 0 Å². The van der Waals surface area contributed by atoms with Crippen LogP contribution in [0.15, 0.2) is 47.6 Å². The minimum atomic E-state index is -0.0726. The van der Waals surface area contributed by atoms with Crippen molar-refractivity contribution in [3.05, 3.63) is 61.6 Å². The first-order valence-electron chi connectivity index (χ1n) is 9.89. The zero-order valence-corrected chi connectivity index (χ0v) is 19.6. The SMILES string of the molecule is O=C(C1=NN(c2ccc(Cl)cc2Cl)C(c2ccc(I)cc2)C1)N1CCCCCC1. The highest BCUT2D eigenvalue weighted by Crippen LogP contribution is 2.40. The smallest absolute Gasteiger partial charge is 0.270 e. The fourth-order valence-corrected chi connectivity index (χ4v) is 4.78. The molecule has 0 N–H and O–H groups in total. The molecule has 0 aliphatic carbocycles. The lowest BCUT2D eigenvalue weighted by Gasteiger charge is -2.25. The number of amides is 1. The molecule has 2 aromatic rings. The van der Waals surface area contributed by atoms with E-state index >= 15 is 0 Å². The number of nitrogens with zero attached hydrogens (tertiary/aromatic N) is 3. The molecule has 29 heavy (non-hydrogen) atoms. The van der Waals surface area contributed by atoms with E-state index in [1.807, 2.05) is 16.0 Å². The molecule has 0 aromatic heterocycles. The lowest BCUT2D eigenvalue weighted by Crippen LogP contribution is -2.36. The average molecular weight is 542 g/mol. The van der Waals surface area contributed by atoms with Gasteiger partial charge in [0.25, 0.3) is 5.91 Å². The highest BCUT2D eigenvalue weighted by Gasteiger charge is 2.35. The van der Waals surface area contributed by atoms with E-state index in [1.54, 1.807) is 12.1 Å². The van der Waals surface area contributed by atoms with Gasteiger partial charge in [0.2, 0.25) is 0 Å². The van der Waals surface area contributed by atoms with E-state index in [0.717, 1.165) is 37.2 Å². The average Bonchev–Trinajstić information content (AvgIpc) is 2.95. The monoisotopic (exact) mass is 541 g/mol. The molecule has 2 aliphatic heterocycles. The van der Waals surface area contributed by atoms with Gasteiger partial charge in [0.05, 0.1) is 16.8 Å². The summed E-state index contributed by atoms with van der Waals surface area (Å²) in [5, 5.41) is 7.75. The van der Waals surface area contributed by atoms with Crippen LogP contribution in [-0.2, 0) is 4.79 Å². The third-order valence-corrected chi connectivity index (χ3v) is 6.72. The number of benzene rings is 2. The molecule has 7 heteroatoms. The number of carbonyl (C=O) groups is 1. The van der Waals surface area contributed by atoms with Crippen molar-refractivity contribution in [2.24, 2.45) is 5.10 Å². The number of hydrogen-bond acceptors (Lipinski definition) is 3. The van der Waals surface area contributed by atoms with Crippen molar-refractivity contribution in [1.82, 2.24) is 4.90 Å². The van der Waals surface area contributed by atoms with Crippen molar-refractivity contribution >= 4 is 63.1 Å². The van der Waals surface area contributed by atoms with E-state index in [-0.39, 0.29) is 11.9 Å². The first-order valence-corrected chi connectivity index (χ1v) is 11.7. The first kappa shape index (κ1) is 20.9. The largest absolute Gasteiger partial charge is 0.338 e. The summed E-state index contributed by atoms with van der Waals surface area (Å²) in [6.45, 7) is 1.63. The van der Waals surface area contributed by atoms with Gasteiger partial charge in [0.1, 0.15) is 5.71 Å². The van der Waals surface area contributed by atoms with E-state index in [4.69, 9.17) is 28.3 Å². The van der Waals surface area contributed by atoms with Gasteiger partial charge in [-0.25, -0.2) is 0 Å². The van der Waals surface area contributed by atoms with Crippen LogP contribution in [0.5, 0.6) is 0 Å². The summed E-state index contributed by atoms with van der Waals surface area (Å²) in [7, 11) is 0. The molecule has 1 fully saturated rings. The summed E-state index contributed by atoms with van der Waals surface area (Å²) in [4.78, 5) is 15.2. The molecule has 2 heterocycles. The molecule has 1 saturated heterocycles. The maximum absolute atomic E-state index is 13.2. The maximum atomic E-state index is 13.2. The van der Waals surface area contributed by atoms with Gasteiger partial charge in [-0.1, -0.05) is 48.2 Å². The minimum Gasteiger partial charge on any atom is -0.338 e. The maximum Gasteiger partial charge on any atom is 0.270 e. The lowest BCUT2D eigenvalue weighted by atomic mass is 10.0. The predicted molar refractivity (Wildman–Crippen MR) is 128 cm³/mol. The van der Waals surface area contributed by atoms with E-state index in [0.29, 0.717) is 22.2 Å². The van der Waals surface area contributed by atoms with Crippen molar-refractivity contribution in [3.8, 4) is 0 Å². The molecule has 152 valence electrons. The normalized spacial score (nSPS) is 19.8. The Morgan fingerprint density at radius 1 is 1.00 bits per heavy atom. The zero-order valence-electron chi connectivity index (χ0n) is 16.0. The van der Waals surface area contributed by atoms with Gasteiger partial charge in [-0.15, -0.1) is 0 Å². The van der Waals surface area contributed by atoms with Gasteiger partial charge >= 0.3 is 0 Å². The van der Waals surface area contributed by atoms with Crippen molar-refractivity contribution in [2.45, 2.75) is 38.1 Å². The van der Waals surface area contributed by atoms with E-state index in [2.05, 4.69) is 46.9 Å². The summed E-state index contributed by atoms with van der Waals surface area (Å²) in [5.74, 6) is 0.0509. The molecule has 2 aromatic carbocycles. The van der Waals surface area contributed by atoms with Crippen LogP contribution in [0.1, 0.15) is 43.7 Å². The number of halogens is 3. The number of likely N-dealkylation sites (tertiary alicyclic amines) is 1. The molecular weight excluding hydrogens is 520 g/mol. The molecule has 1 amide bonds.